The highest BCUT2D eigenvalue weighted by atomic mass is 19.4. The Kier molecular flexibility index (Phi) is 5.91. The zero-order valence-electron chi connectivity index (χ0n) is 12.8. The fourth-order valence-corrected chi connectivity index (χ4v) is 3.68. The molecule has 21 heavy (non-hydrogen) atoms. The molecule has 1 saturated heterocycles. The van der Waals surface area contributed by atoms with Gasteiger partial charge in [0.1, 0.15) is 0 Å². The smallest absolute Gasteiger partial charge is 0.330 e. The van der Waals surface area contributed by atoms with Crippen LogP contribution in [0.25, 0.3) is 0 Å². The molecule has 0 atom stereocenters. The number of rotatable bonds is 5. The van der Waals surface area contributed by atoms with Crippen LogP contribution in [0.1, 0.15) is 38.5 Å². The summed E-state index contributed by atoms with van der Waals surface area (Å²) < 4.78 is 37.1. The first kappa shape index (κ1) is 17.0. The lowest BCUT2D eigenvalue weighted by atomic mass is 9.72. The van der Waals surface area contributed by atoms with Crippen molar-refractivity contribution in [1.29, 1.82) is 0 Å². The normalized spacial score (nSPS) is 25.1. The van der Waals surface area contributed by atoms with Gasteiger partial charge >= 0.3 is 6.18 Å². The Balaban J connectivity index is 1.71. The minimum atomic E-state index is -4.08. The van der Waals surface area contributed by atoms with Crippen LogP contribution in [0.15, 0.2) is 0 Å². The summed E-state index contributed by atoms with van der Waals surface area (Å²) in [6, 6.07) is 0. The average Bonchev–Trinajstić information content (AvgIpc) is 2.46. The molecule has 0 aromatic rings. The molecule has 2 N–H and O–H groups in total. The summed E-state index contributed by atoms with van der Waals surface area (Å²) in [5, 5.41) is 0. The van der Waals surface area contributed by atoms with Crippen molar-refractivity contribution in [2.75, 3.05) is 45.8 Å². The predicted molar refractivity (Wildman–Crippen MR) is 78.1 cm³/mol. The Morgan fingerprint density at radius 3 is 2.00 bits per heavy atom. The Hall–Kier alpha value is -0.330. The number of piperazine rings is 1. The zero-order chi connectivity index (χ0) is 15.3. The van der Waals surface area contributed by atoms with E-state index in [4.69, 9.17) is 5.73 Å². The van der Waals surface area contributed by atoms with Gasteiger partial charge in [0.25, 0.3) is 0 Å². The lowest BCUT2D eigenvalue weighted by molar-refractivity contribution is -0.149. The summed E-state index contributed by atoms with van der Waals surface area (Å²) in [6.07, 6.45) is 3.33. The predicted octanol–water partition coefficient (Wildman–Crippen LogP) is 2.47. The summed E-state index contributed by atoms with van der Waals surface area (Å²) in [6.45, 7) is 3.50. The minimum Gasteiger partial charge on any atom is -0.330 e. The maximum atomic E-state index is 12.4. The van der Waals surface area contributed by atoms with Gasteiger partial charge in [-0.2, -0.15) is 13.2 Å². The van der Waals surface area contributed by atoms with Gasteiger partial charge in [-0.15, -0.1) is 0 Å². The Morgan fingerprint density at radius 1 is 0.905 bits per heavy atom. The van der Waals surface area contributed by atoms with Crippen molar-refractivity contribution in [3.63, 3.8) is 0 Å². The van der Waals surface area contributed by atoms with Crippen molar-refractivity contribution < 1.29 is 13.2 Å². The molecule has 2 fully saturated rings. The monoisotopic (exact) mass is 307 g/mol. The lowest BCUT2D eigenvalue weighted by Crippen LogP contribution is -2.50. The van der Waals surface area contributed by atoms with E-state index in [0.29, 0.717) is 18.5 Å². The molecule has 1 aliphatic carbocycles. The fourth-order valence-electron chi connectivity index (χ4n) is 3.68. The third kappa shape index (κ3) is 5.42. The molecule has 0 unspecified atom stereocenters. The molecule has 0 aromatic heterocycles. The van der Waals surface area contributed by atoms with Gasteiger partial charge < -0.3 is 10.6 Å². The van der Waals surface area contributed by atoms with E-state index in [9.17, 15) is 13.2 Å². The van der Waals surface area contributed by atoms with Gasteiger partial charge in [0.05, 0.1) is 6.54 Å². The zero-order valence-corrected chi connectivity index (χ0v) is 12.8. The number of alkyl halides is 3. The highest BCUT2D eigenvalue weighted by Gasteiger charge is 2.33. The van der Waals surface area contributed by atoms with Gasteiger partial charge in [0.2, 0.25) is 0 Å². The second-order valence-corrected chi connectivity index (χ2v) is 6.75. The summed E-state index contributed by atoms with van der Waals surface area (Å²) in [5.41, 5.74) is 6.29. The Labute approximate surface area is 125 Å². The van der Waals surface area contributed by atoms with E-state index in [2.05, 4.69) is 4.90 Å². The first-order chi connectivity index (χ1) is 9.92. The number of hydrogen-bond donors (Lipinski definition) is 1. The molecule has 0 amide bonds. The number of hydrogen-bond acceptors (Lipinski definition) is 3. The van der Waals surface area contributed by atoms with Crippen LogP contribution in [-0.2, 0) is 0 Å². The van der Waals surface area contributed by atoms with E-state index in [1.807, 2.05) is 0 Å². The van der Waals surface area contributed by atoms with Crippen LogP contribution in [0.2, 0.25) is 0 Å². The third-order valence-electron chi connectivity index (χ3n) is 5.17. The van der Waals surface area contributed by atoms with E-state index < -0.39 is 12.7 Å². The standard InChI is InChI=1S/C15H28F3N3/c16-15(17,18)13-21-10-8-20(9-11-21)7-6-14(12-19)4-2-1-3-5-14/h1-13,19H2. The molecule has 1 aliphatic heterocycles. The quantitative estimate of drug-likeness (QED) is 0.847. The second-order valence-electron chi connectivity index (χ2n) is 6.75. The lowest BCUT2D eigenvalue weighted by Gasteiger charge is -2.40. The van der Waals surface area contributed by atoms with Gasteiger partial charge in [0, 0.05) is 26.2 Å². The third-order valence-corrected chi connectivity index (χ3v) is 5.17. The van der Waals surface area contributed by atoms with Crippen LogP contribution in [0.3, 0.4) is 0 Å². The highest BCUT2D eigenvalue weighted by molar-refractivity contribution is 4.85. The van der Waals surface area contributed by atoms with E-state index >= 15 is 0 Å². The first-order valence-electron chi connectivity index (χ1n) is 8.14. The van der Waals surface area contributed by atoms with Crippen LogP contribution in [0.4, 0.5) is 13.2 Å². The molecule has 6 heteroatoms. The van der Waals surface area contributed by atoms with Crippen molar-refractivity contribution in [2.45, 2.75) is 44.7 Å². The molecule has 0 aromatic carbocycles. The van der Waals surface area contributed by atoms with Gasteiger partial charge in [-0.1, -0.05) is 19.3 Å². The molecular formula is C15H28F3N3. The Morgan fingerprint density at radius 2 is 1.48 bits per heavy atom. The minimum absolute atomic E-state index is 0.293. The summed E-state index contributed by atoms with van der Waals surface area (Å²) in [5.74, 6) is 0. The van der Waals surface area contributed by atoms with Crippen molar-refractivity contribution in [3.05, 3.63) is 0 Å². The number of nitrogens with two attached hydrogens (primary N) is 1. The van der Waals surface area contributed by atoms with E-state index in [0.717, 1.165) is 32.6 Å². The molecule has 0 bridgehead atoms. The second kappa shape index (κ2) is 7.29. The van der Waals surface area contributed by atoms with Gasteiger partial charge in [0.15, 0.2) is 0 Å². The van der Waals surface area contributed by atoms with E-state index in [1.54, 1.807) is 0 Å². The molecule has 0 spiro atoms. The van der Waals surface area contributed by atoms with Gasteiger partial charge in [-0.3, -0.25) is 4.90 Å². The fraction of sp³-hybridized carbons (Fsp3) is 1.00. The Bertz CT molecular complexity index is 306. The SMILES string of the molecule is NCC1(CCN2CCN(CC(F)(F)F)CC2)CCCCC1. The average molecular weight is 307 g/mol. The van der Waals surface area contributed by atoms with Crippen LogP contribution in [0, 0.1) is 5.41 Å². The topological polar surface area (TPSA) is 32.5 Å². The molecule has 2 aliphatic rings. The molecule has 1 saturated carbocycles. The number of halogens is 3. The molecule has 3 nitrogen and oxygen atoms in total. The van der Waals surface area contributed by atoms with Crippen molar-refractivity contribution in [1.82, 2.24) is 9.80 Å². The van der Waals surface area contributed by atoms with Gasteiger partial charge in [-0.25, -0.2) is 0 Å². The van der Waals surface area contributed by atoms with Gasteiger partial charge in [-0.05, 0) is 37.8 Å². The van der Waals surface area contributed by atoms with Crippen LogP contribution in [-0.4, -0.2) is 61.8 Å². The first-order valence-corrected chi connectivity index (χ1v) is 8.14. The van der Waals surface area contributed by atoms with Crippen LogP contribution in [0.5, 0.6) is 0 Å². The molecule has 124 valence electrons. The summed E-state index contributed by atoms with van der Waals surface area (Å²) in [7, 11) is 0. The van der Waals surface area contributed by atoms with Crippen molar-refractivity contribution >= 4 is 0 Å². The van der Waals surface area contributed by atoms with Crippen molar-refractivity contribution in [2.24, 2.45) is 11.1 Å². The van der Waals surface area contributed by atoms with Crippen molar-refractivity contribution in [3.8, 4) is 0 Å². The summed E-state index contributed by atoms with van der Waals surface area (Å²) in [4.78, 5) is 3.81. The molecule has 0 radical (unpaired) electrons. The molecule has 1 heterocycles. The maximum Gasteiger partial charge on any atom is 0.401 e. The molecule has 2 rings (SSSR count). The van der Waals surface area contributed by atoms with E-state index in [1.165, 1.54) is 37.0 Å². The van der Waals surface area contributed by atoms with E-state index in [-0.39, 0.29) is 0 Å². The van der Waals surface area contributed by atoms with Crippen LogP contribution < -0.4 is 5.73 Å². The highest BCUT2D eigenvalue weighted by Crippen LogP contribution is 2.38. The summed E-state index contributed by atoms with van der Waals surface area (Å²) >= 11 is 0. The largest absolute Gasteiger partial charge is 0.401 e. The van der Waals surface area contributed by atoms with Crippen LogP contribution >= 0.6 is 0 Å². The maximum absolute atomic E-state index is 12.4. The number of nitrogens with zero attached hydrogens (tertiary/aromatic N) is 2. The molecular weight excluding hydrogens is 279 g/mol.